The molecule has 0 unspecified atom stereocenters. The second kappa shape index (κ2) is 5.60. The summed E-state index contributed by atoms with van der Waals surface area (Å²) in [6.07, 6.45) is 2.67. The number of nitrogens with one attached hydrogen (secondary N) is 1. The molecule has 0 atom stereocenters. The van der Waals surface area contributed by atoms with E-state index < -0.39 is 0 Å². The summed E-state index contributed by atoms with van der Waals surface area (Å²) in [7, 11) is 0. The standard InChI is InChI=1S/C14H18N4/c1-10-14(9-16-11(2)17-10)18-13-6-4-3-5-12(13)7-8-15/h3-6,9,18H,7-8,15H2,1-2H3. The number of nitrogens with two attached hydrogens (primary N) is 1. The number of rotatable bonds is 4. The largest absolute Gasteiger partial charge is 0.353 e. The van der Waals surface area contributed by atoms with E-state index in [4.69, 9.17) is 5.73 Å². The number of hydrogen-bond acceptors (Lipinski definition) is 4. The van der Waals surface area contributed by atoms with Crippen LogP contribution in [0, 0.1) is 13.8 Å². The Bertz CT molecular complexity index is 537. The lowest BCUT2D eigenvalue weighted by Crippen LogP contribution is -2.06. The van der Waals surface area contributed by atoms with Crippen LogP contribution in [0.1, 0.15) is 17.1 Å². The molecule has 2 aromatic rings. The van der Waals surface area contributed by atoms with Crippen molar-refractivity contribution in [3.8, 4) is 0 Å². The van der Waals surface area contributed by atoms with Gasteiger partial charge in [0.2, 0.25) is 0 Å². The maximum Gasteiger partial charge on any atom is 0.125 e. The summed E-state index contributed by atoms with van der Waals surface area (Å²) < 4.78 is 0. The molecule has 0 aliphatic carbocycles. The van der Waals surface area contributed by atoms with Crippen LogP contribution in [0.3, 0.4) is 0 Å². The average Bonchev–Trinajstić information content (AvgIpc) is 2.35. The van der Waals surface area contributed by atoms with Crippen LogP contribution in [-0.4, -0.2) is 16.5 Å². The Balaban J connectivity index is 2.28. The molecule has 0 spiro atoms. The number of nitrogens with zero attached hydrogens (tertiary/aromatic N) is 2. The zero-order valence-corrected chi connectivity index (χ0v) is 10.8. The monoisotopic (exact) mass is 242 g/mol. The van der Waals surface area contributed by atoms with Crippen molar-refractivity contribution >= 4 is 11.4 Å². The van der Waals surface area contributed by atoms with Crippen LogP contribution in [0.2, 0.25) is 0 Å². The topological polar surface area (TPSA) is 63.8 Å². The summed E-state index contributed by atoms with van der Waals surface area (Å²) in [6, 6.07) is 8.16. The van der Waals surface area contributed by atoms with Crippen LogP contribution in [-0.2, 0) is 6.42 Å². The molecule has 0 amide bonds. The summed E-state index contributed by atoms with van der Waals surface area (Å²) in [4.78, 5) is 8.56. The molecule has 4 nitrogen and oxygen atoms in total. The van der Waals surface area contributed by atoms with E-state index in [0.29, 0.717) is 6.54 Å². The molecule has 1 heterocycles. The number of benzene rings is 1. The normalized spacial score (nSPS) is 10.4. The lowest BCUT2D eigenvalue weighted by molar-refractivity contribution is 0.969. The van der Waals surface area contributed by atoms with Gasteiger partial charge in [-0.25, -0.2) is 9.97 Å². The number of hydrogen-bond donors (Lipinski definition) is 2. The molecule has 3 N–H and O–H groups in total. The van der Waals surface area contributed by atoms with E-state index in [-0.39, 0.29) is 0 Å². The quantitative estimate of drug-likeness (QED) is 0.863. The third-order valence-electron chi connectivity index (χ3n) is 2.80. The molecule has 4 heteroatoms. The predicted molar refractivity (Wildman–Crippen MR) is 74.0 cm³/mol. The summed E-state index contributed by atoms with van der Waals surface area (Å²) in [5.41, 5.74) is 9.78. The van der Waals surface area contributed by atoms with Crippen molar-refractivity contribution in [1.29, 1.82) is 0 Å². The van der Waals surface area contributed by atoms with Gasteiger partial charge in [-0.05, 0) is 38.4 Å². The second-order valence-corrected chi connectivity index (χ2v) is 4.24. The van der Waals surface area contributed by atoms with Gasteiger partial charge in [0, 0.05) is 5.69 Å². The number of aryl methyl sites for hydroxylation is 2. The van der Waals surface area contributed by atoms with E-state index in [1.807, 2.05) is 38.2 Å². The molecule has 0 radical (unpaired) electrons. The van der Waals surface area contributed by atoms with Gasteiger partial charge in [0.25, 0.3) is 0 Å². The number of aromatic nitrogens is 2. The lowest BCUT2D eigenvalue weighted by atomic mass is 10.1. The van der Waals surface area contributed by atoms with Crippen molar-refractivity contribution < 1.29 is 0 Å². The Kier molecular flexibility index (Phi) is 3.89. The highest BCUT2D eigenvalue weighted by Crippen LogP contribution is 2.22. The minimum absolute atomic E-state index is 0.641. The molecule has 1 aromatic carbocycles. The maximum atomic E-state index is 5.62. The predicted octanol–water partition coefficient (Wildman–Crippen LogP) is 2.34. The minimum atomic E-state index is 0.641. The van der Waals surface area contributed by atoms with Gasteiger partial charge in [0.1, 0.15) is 5.82 Å². The summed E-state index contributed by atoms with van der Waals surface area (Å²) in [6.45, 7) is 4.50. The van der Waals surface area contributed by atoms with Gasteiger partial charge in [0.05, 0.1) is 17.6 Å². The Morgan fingerprint density at radius 3 is 2.67 bits per heavy atom. The fourth-order valence-electron chi connectivity index (χ4n) is 1.87. The van der Waals surface area contributed by atoms with Crippen LogP contribution >= 0.6 is 0 Å². The molecule has 2 rings (SSSR count). The summed E-state index contributed by atoms with van der Waals surface area (Å²) in [5, 5.41) is 3.37. The van der Waals surface area contributed by atoms with E-state index in [2.05, 4.69) is 21.4 Å². The highest BCUT2D eigenvalue weighted by Gasteiger charge is 2.04. The van der Waals surface area contributed by atoms with Crippen molar-refractivity contribution in [2.45, 2.75) is 20.3 Å². The van der Waals surface area contributed by atoms with Crippen molar-refractivity contribution in [1.82, 2.24) is 9.97 Å². The van der Waals surface area contributed by atoms with Gasteiger partial charge in [-0.15, -0.1) is 0 Å². The van der Waals surface area contributed by atoms with E-state index >= 15 is 0 Å². The Morgan fingerprint density at radius 2 is 1.94 bits per heavy atom. The van der Waals surface area contributed by atoms with E-state index in [0.717, 1.165) is 29.3 Å². The number of para-hydroxylation sites is 1. The second-order valence-electron chi connectivity index (χ2n) is 4.24. The van der Waals surface area contributed by atoms with Gasteiger partial charge >= 0.3 is 0 Å². The Morgan fingerprint density at radius 1 is 1.17 bits per heavy atom. The zero-order valence-electron chi connectivity index (χ0n) is 10.8. The summed E-state index contributed by atoms with van der Waals surface area (Å²) >= 11 is 0. The first-order valence-corrected chi connectivity index (χ1v) is 6.06. The van der Waals surface area contributed by atoms with Gasteiger partial charge in [-0.1, -0.05) is 18.2 Å². The van der Waals surface area contributed by atoms with E-state index in [9.17, 15) is 0 Å². The highest BCUT2D eigenvalue weighted by atomic mass is 15.0. The molecular weight excluding hydrogens is 224 g/mol. The van der Waals surface area contributed by atoms with E-state index in [1.54, 1.807) is 0 Å². The van der Waals surface area contributed by atoms with Crippen LogP contribution < -0.4 is 11.1 Å². The maximum absolute atomic E-state index is 5.62. The molecule has 0 saturated carbocycles. The van der Waals surface area contributed by atoms with Crippen molar-refractivity contribution in [2.24, 2.45) is 5.73 Å². The van der Waals surface area contributed by atoms with Crippen molar-refractivity contribution in [3.63, 3.8) is 0 Å². The van der Waals surface area contributed by atoms with Gasteiger partial charge < -0.3 is 11.1 Å². The fraction of sp³-hybridized carbons (Fsp3) is 0.286. The third kappa shape index (κ3) is 2.84. The molecule has 0 bridgehead atoms. The van der Waals surface area contributed by atoms with Crippen molar-refractivity contribution in [3.05, 3.63) is 47.5 Å². The average molecular weight is 242 g/mol. The lowest BCUT2D eigenvalue weighted by Gasteiger charge is -2.12. The molecule has 18 heavy (non-hydrogen) atoms. The zero-order chi connectivity index (χ0) is 13.0. The van der Waals surface area contributed by atoms with Gasteiger partial charge in [-0.3, -0.25) is 0 Å². The molecular formula is C14H18N4. The molecule has 0 aliphatic heterocycles. The van der Waals surface area contributed by atoms with Crippen molar-refractivity contribution in [2.75, 3.05) is 11.9 Å². The molecule has 1 aromatic heterocycles. The van der Waals surface area contributed by atoms with Gasteiger partial charge in [0.15, 0.2) is 0 Å². The van der Waals surface area contributed by atoms with Gasteiger partial charge in [-0.2, -0.15) is 0 Å². The SMILES string of the molecule is Cc1ncc(Nc2ccccc2CCN)c(C)n1. The third-order valence-corrected chi connectivity index (χ3v) is 2.80. The molecule has 0 saturated heterocycles. The van der Waals surface area contributed by atoms with E-state index in [1.165, 1.54) is 5.56 Å². The van der Waals surface area contributed by atoms with Crippen LogP contribution in [0.15, 0.2) is 30.5 Å². The number of anilines is 2. The smallest absolute Gasteiger partial charge is 0.125 e. The Labute approximate surface area is 107 Å². The molecule has 0 fully saturated rings. The van der Waals surface area contributed by atoms with Crippen LogP contribution in [0.4, 0.5) is 11.4 Å². The Hall–Kier alpha value is -1.94. The molecule has 94 valence electrons. The minimum Gasteiger partial charge on any atom is -0.353 e. The first-order chi connectivity index (χ1) is 8.70. The van der Waals surface area contributed by atoms with Crippen LogP contribution in [0.25, 0.3) is 0 Å². The molecule has 0 aliphatic rings. The first kappa shape index (κ1) is 12.5. The fourth-order valence-corrected chi connectivity index (χ4v) is 1.87. The summed E-state index contributed by atoms with van der Waals surface area (Å²) in [5.74, 6) is 0.785. The van der Waals surface area contributed by atoms with Crippen LogP contribution in [0.5, 0.6) is 0 Å². The highest BCUT2D eigenvalue weighted by molar-refractivity contribution is 5.64. The first-order valence-electron chi connectivity index (χ1n) is 6.06.